The second-order valence-corrected chi connectivity index (χ2v) is 10.3. The van der Waals surface area contributed by atoms with E-state index in [1.165, 1.54) is 34.2 Å². The molecule has 0 bridgehead atoms. The summed E-state index contributed by atoms with van der Waals surface area (Å²) in [6, 6.07) is 18.2. The number of rotatable bonds is 5. The molecular formula is C27H28N4O4S. The predicted octanol–water partition coefficient (Wildman–Crippen LogP) is 3.98. The average molecular weight is 505 g/mol. The second kappa shape index (κ2) is 10.2. The number of nitrogens with zero attached hydrogens (tertiary/aromatic N) is 4. The van der Waals surface area contributed by atoms with Crippen molar-refractivity contribution in [2.45, 2.75) is 25.4 Å². The monoisotopic (exact) mass is 504 g/mol. The number of nitro benzene ring substituents is 1. The van der Waals surface area contributed by atoms with Gasteiger partial charge in [0.25, 0.3) is 11.6 Å². The van der Waals surface area contributed by atoms with Crippen LogP contribution in [0.3, 0.4) is 0 Å². The molecule has 2 aliphatic heterocycles. The van der Waals surface area contributed by atoms with Gasteiger partial charge >= 0.3 is 0 Å². The highest BCUT2D eigenvalue weighted by Gasteiger charge is 2.34. The molecule has 9 heteroatoms. The van der Waals surface area contributed by atoms with Crippen LogP contribution in [0.1, 0.15) is 39.3 Å². The number of fused-ring (bicyclic) bond motifs is 1. The Kier molecular flexibility index (Phi) is 6.84. The van der Waals surface area contributed by atoms with E-state index < -0.39 is 4.92 Å². The first-order valence-electron chi connectivity index (χ1n) is 12.1. The van der Waals surface area contributed by atoms with Gasteiger partial charge in [-0.15, -0.1) is 11.3 Å². The smallest absolute Gasteiger partial charge is 0.270 e. The standard InChI is InChI=1S/C27H28N4O4S/c1-19-17-28(13-14-30(19)27(33)21-8-5-9-22(16-21)31(34)35)25(32)18-29-12-10-24-23(11-15-36-24)26(29)20-6-3-2-4-7-20/h2-9,11,15-16,19,26H,10,12-14,17-18H2,1H3/t19-,26-/m1/s1. The maximum absolute atomic E-state index is 13.4. The van der Waals surface area contributed by atoms with Crippen LogP contribution in [0.25, 0.3) is 0 Å². The van der Waals surface area contributed by atoms with E-state index in [4.69, 9.17) is 0 Å². The number of carbonyl (C=O) groups is 2. The number of thiophene rings is 1. The summed E-state index contributed by atoms with van der Waals surface area (Å²) in [6.45, 7) is 4.33. The number of benzene rings is 2. The van der Waals surface area contributed by atoms with Gasteiger partial charge < -0.3 is 9.80 Å². The maximum atomic E-state index is 13.4. The van der Waals surface area contributed by atoms with Crippen LogP contribution in [0.2, 0.25) is 0 Å². The molecule has 8 nitrogen and oxygen atoms in total. The molecule has 1 saturated heterocycles. The van der Waals surface area contributed by atoms with E-state index in [9.17, 15) is 19.7 Å². The Morgan fingerprint density at radius 1 is 1.06 bits per heavy atom. The Morgan fingerprint density at radius 3 is 2.61 bits per heavy atom. The van der Waals surface area contributed by atoms with E-state index in [2.05, 4.69) is 28.5 Å². The number of carbonyl (C=O) groups excluding carboxylic acids is 2. The number of piperazine rings is 1. The first-order chi connectivity index (χ1) is 17.4. The molecule has 2 aromatic carbocycles. The lowest BCUT2D eigenvalue weighted by atomic mass is 9.93. The lowest BCUT2D eigenvalue weighted by Crippen LogP contribution is -2.57. The number of non-ortho nitro benzene ring substituents is 1. The van der Waals surface area contributed by atoms with E-state index in [0.717, 1.165) is 13.0 Å². The lowest BCUT2D eigenvalue weighted by molar-refractivity contribution is -0.384. The van der Waals surface area contributed by atoms with Gasteiger partial charge in [-0.2, -0.15) is 0 Å². The molecule has 0 radical (unpaired) electrons. The molecule has 0 N–H and O–H groups in total. The van der Waals surface area contributed by atoms with Crippen LogP contribution >= 0.6 is 11.3 Å². The average Bonchev–Trinajstić information content (AvgIpc) is 3.37. The highest BCUT2D eigenvalue weighted by Crippen LogP contribution is 2.37. The third-order valence-corrected chi connectivity index (χ3v) is 8.06. The summed E-state index contributed by atoms with van der Waals surface area (Å²) < 4.78 is 0. The molecule has 0 saturated carbocycles. The van der Waals surface area contributed by atoms with E-state index in [0.29, 0.717) is 31.7 Å². The SMILES string of the molecule is C[C@@H]1CN(C(=O)CN2CCc3sccc3[C@H]2c2ccccc2)CCN1C(=O)c1cccc([N+](=O)[O-])c1. The van der Waals surface area contributed by atoms with Crippen molar-refractivity contribution >= 4 is 28.8 Å². The number of hydrogen-bond donors (Lipinski definition) is 0. The quantitative estimate of drug-likeness (QED) is 0.388. The van der Waals surface area contributed by atoms with Gasteiger partial charge in [-0.1, -0.05) is 36.4 Å². The van der Waals surface area contributed by atoms with Crippen molar-refractivity contribution in [2.24, 2.45) is 0 Å². The Bertz CT molecular complexity index is 1280. The Morgan fingerprint density at radius 2 is 1.86 bits per heavy atom. The first kappa shape index (κ1) is 24.1. The fraction of sp³-hybridized carbons (Fsp3) is 0.333. The van der Waals surface area contributed by atoms with Gasteiger partial charge in [0.15, 0.2) is 0 Å². The maximum Gasteiger partial charge on any atom is 0.270 e. The third kappa shape index (κ3) is 4.76. The summed E-state index contributed by atoms with van der Waals surface area (Å²) in [5.41, 5.74) is 2.66. The highest BCUT2D eigenvalue weighted by atomic mass is 32.1. The van der Waals surface area contributed by atoms with Crippen LogP contribution in [-0.2, 0) is 11.2 Å². The van der Waals surface area contributed by atoms with Gasteiger partial charge in [-0.05, 0) is 42.0 Å². The zero-order valence-electron chi connectivity index (χ0n) is 20.1. The molecule has 2 amide bonds. The van der Waals surface area contributed by atoms with Crippen molar-refractivity contribution in [1.82, 2.24) is 14.7 Å². The summed E-state index contributed by atoms with van der Waals surface area (Å²) in [6.07, 6.45) is 0.936. The van der Waals surface area contributed by atoms with Gasteiger partial charge in [0, 0.05) is 54.8 Å². The zero-order chi connectivity index (χ0) is 25.2. The summed E-state index contributed by atoms with van der Waals surface area (Å²) in [5, 5.41) is 13.2. The van der Waals surface area contributed by atoms with Crippen LogP contribution in [0.5, 0.6) is 0 Å². The Hall–Kier alpha value is -3.56. The fourth-order valence-electron chi connectivity index (χ4n) is 5.24. The molecule has 3 aromatic rings. The first-order valence-corrected chi connectivity index (χ1v) is 13.0. The van der Waals surface area contributed by atoms with Crippen LogP contribution in [-0.4, -0.2) is 70.2 Å². The molecule has 3 heterocycles. The molecule has 186 valence electrons. The highest BCUT2D eigenvalue weighted by molar-refractivity contribution is 7.10. The summed E-state index contributed by atoms with van der Waals surface area (Å²) >= 11 is 1.78. The second-order valence-electron chi connectivity index (χ2n) is 9.33. The molecule has 0 aliphatic carbocycles. The molecule has 1 fully saturated rings. The topological polar surface area (TPSA) is 87.0 Å². The van der Waals surface area contributed by atoms with Crippen molar-refractivity contribution in [3.8, 4) is 0 Å². The normalized spacial score (nSPS) is 20.1. The molecule has 36 heavy (non-hydrogen) atoms. The molecule has 0 unspecified atom stereocenters. The van der Waals surface area contributed by atoms with Crippen molar-refractivity contribution in [2.75, 3.05) is 32.7 Å². The fourth-order valence-corrected chi connectivity index (χ4v) is 6.15. The van der Waals surface area contributed by atoms with E-state index >= 15 is 0 Å². The minimum atomic E-state index is -0.501. The molecular weight excluding hydrogens is 476 g/mol. The third-order valence-electron chi connectivity index (χ3n) is 7.06. The molecule has 5 rings (SSSR count). The minimum Gasteiger partial charge on any atom is -0.338 e. The van der Waals surface area contributed by atoms with Gasteiger partial charge in [0.1, 0.15) is 0 Å². The lowest BCUT2D eigenvalue weighted by Gasteiger charge is -2.42. The predicted molar refractivity (Wildman–Crippen MR) is 138 cm³/mol. The molecule has 2 aliphatic rings. The molecule has 2 atom stereocenters. The van der Waals surface area contributed by atoms with Crippen molar-refractivity contribution in [1.29, 1.82) is 0 Å². The van der Waals surface area contributed by atoms with E-state index in [1.54, 1.807) is 22.3 Å². The summed E-state index contributed by atoms with van der Waals surface area (Å²) in [7, 11) is 0. The van der Waals surface area contributed by atoms with Crippen molar-refractivity contribution in [3.63, 3.8) is 0 Å². The largest absolute Gasteiger partial charge is 0.338 e. The summed E-state index contributed by atoms with van der Waals surface area (Å²) in [4.78, 5) is 44.3. The van der Waals surface area contributed by atoms with Gasteiger partial charge in [0.05, 0.1) is 17.5 Å². The van der Waals surface area contributed by atoms with Crippen LogP contribution in [0.15, 0.2) is 66.0 Å². The number of nitro groups is 1. The molecule has 0 spiro atoms. The van der Waals surface area contributed by atoms with Gasteiger partial charge in [-0.25, -0.2) is 0 Å². The Balaban J connectivity index is 1.26. The number of amides is 2. The van der Waals surface area contributed by atoms with Crippen LogP contribution in [0, 0.1) is 10.1 Å². The zero-order valence-corrected chi connectivity index (χ0v) is 20.9. The molecule has 1 aromatic heterocycles. The van der Waals surface area contributed by atoms with Crippen LogP contribution < -0.4 is 0 Å². The number of hydrogen-bond acceptors (Lipinski definition) is 6. The van der Waals surface area contributed by atoms with E-state index in [1.807, 2.05) is 30.0 Å². The van der Waals surface area contributed by atoms with Gasteiger partial charge in [-0.3, -0.25) is 24.6 Å². The Labute approximate surface area is 213 Å². The van der Waals surface area contributed by atoms with E-state index in [-0.39, 0.29) is 29.6 Å². The summed E-state index contributed by atoms with van der Waals surface area (Å²) in [5.74, 6) is -0.188. The van der Waals surface area contributed by atoms with Crippen molar-refractivity contribution in [3.05, 3.63) is 97.7 Å². The van der Waals surface area contributed by atoms with Crippen LogP contribution in [0.4, 0.5) is 5.69 Å². The minimum absolute atomic E-state index is 0.0549. The van der Waals surface area contributed by atoms with Gasteiger partial charge in [0.2, 0.25) is 5.91 Å². The van der Waals surface area contributed by atoms with Crippen molar-refractivity contribution < 1.29 is 14.5 Å².